The van der Waals surface area contributed by atoms with Crippen LogP contribution >= 0.6 is 11.6 Å². The smallest absolute Gasteiger partial charge is 0.322 e. The minimum absolute atomic E-state index is 0.00972. The standard InChI is InChI=1S/C7H4ClN7O/c1-16-7-12-5(8)11-6(13-7)15-3-10-4(2-9)14-15/h3H,1H3. The quantitative estimate of drug-likeness (QED) is 0.723. The van der Waals surface area contributed by atoms with E-state index < -0.39 is 0 Å². The van der Waals surface area contributed by atoms with Crippen molar-refractivity contribution in [2.45, 2.75) is 0 Å². The van der Waals surface area contributed by atoms with Crippen LogP contribution in [0.15, 0.2) is 6.33 Å². The monoisotopic (exact) mass is 237 g/mol. The molecule has 0 amide bonds. The topological polar surface area (TPSA) is 102 Å². The molecular formula is C7H4ClN7O. The summed E-state index contributed by atoms with van der Waals surface area (Å²) >= 11 is 5.65. The highest BCUT2D eigenvalue weighted by Crippen LogP contribution is 2.09. The molecule has 8 nitrogen and oxygen atoms in total. The van der Waals surface area contributed by atoms with Crippen LogP contribution < -0.4 is 4.74 Å². The van der Waals surface area contributed by atoms with Gasteiger partial charge in [0, 0.05) is 0 Å². The Morgan fingerprint density at radius 3 is 2.88 bits per heavy atom. The summed E-state index contributed by atoms with van der Waals surface area (Å²) in [5, 5.41) is 12.3. The Morgan fingerprint density at radius 2 is 2.25 bits per heavy atom. The number of ether oxygens (including phenoxy) is 1. The molecule has 16 heavy (non-hydrogen) atoms. The van der Waals surface area contributed by atoms with Gasteiger partial charge in [0.25, 0.3) is 11.8 Å². The summed E-state index contributed by atoms with van der Waals surface area (Å²) in [4.78, 5) is 15.1. The zero-order valence-corrected chi connectivity index (χ0v) is 8.75. The number of rotatable bonds is 2. The molecule has 2 aromatic heterocycles. The Balaban J connectivity index is 2.47. The van der Waals surface area contributed by atoms with E-state index in [0.717, 1.165) is 0 Å². The van der Waals surface area contributed by atoms with Crippen LogP contribution in [0.2, 0.25) is 5.28 Å². The summed E-state index contributed by atoms with van der Waals surface area (Å²) in [6.45, 7) is 0. The van der Waals surface area contributed by atoms with Gasteiger partial charge in [0.05, 0.1) is 7.11 Å². The fourth-order valence-corrected chi connectivity index (χ4v) is 1.07. The largest absolute Gasteiger partial charge is 0.467 e. The van der Waals surface area contributed by atoms with Crippen LogP contribution in [0, 0.1) is 11.3 Å². The first kappa shape index (κ1) is 10.3. The SMILES string of the molecule is COc1nc(Cl)nc(-n2cnc(C#N)n2)n1. The van der Waals surface area contributed by atoms with Gasteiger partial charge in [-0.15, -0.1) is 5.10 Å². The van der Waals surface area contributed by atoms with Crippen molar-refractivity contribution in [2.24, 2.45) is 0 Å². The maximum atomic E-state index is 8.56. The number of nitriles is 1. The van der Waals surface area contributed by atoms with Gasteiger partial charge in [-0.3, -0.25) is 0 Å². The molecule has 0 radical (unpaired) electrons. The molecule has 0 spiro atoms. The maximum Gasteiger partial charge on any atom is 0.322 e. The molecule has 80 valence electrons. The lowest BCUT2D eigenvalue weighted by molar-refractivity contribution is 0.376. The van der Waals surface area contributed by atoms with E-state index in [0.29, 0.717) is 0 Å². The molecule has 0 atom stereocenters. The van der Waals surface area contributed by atoms with Crippen molar-refractivity contribution in [3.63, 3.8) is 0 Å². The summed E-state index contributed by atoms with van der Waals surface area (Å²) in [7, 11) is 1.40. The minimum Gasteiger partial charge on any atom is -0.467 e. The summed E-state index contributed by atoms with van der Waals surface area (Å²) in [5.41, 5.74) is 0. The van der Waals surface area contributed by atoms with E-state index in [4.69, 9.17) is 21.6 Å². The fraction of sp³-hybridized carbons (Fsp3) is 0.143. The zero-order valence-electron chi connectivity index (χ0n) is 7.99. The van der Waals surface area contributed by atoms with Gasteiger partial charge < -0.3 is 4.74 Å². The zero-order chi connectivity index (χ0) is 11.5. The van der Waals surface area contributed by atoms with E-state index in [2.05, 4.69) is 25.0 Å². The van der Waals surface area contributed by atoms with Gasteiger partial charge >= 0.3 is 6.01 Å². The van der Waals surface area contributed by atoms with Crippen LogP contribution in [-0.4, -0.2) is 36.8 Å². The second kappa shape index (κ2) is 4.08. The summed E-state index contributed by atoms with van der Waals surface area (Å²) in [5.74, 6) is 0.140. The minimum atomic E-state index is -0.0316. The lowest BCUT2D eigenvalue weighted by Crippen LogP contribution is -2.05. The predicted molar refractivity (Wildman–Crippen MR) is 51.0 cm³/mol. The highest BCUT2D eigenvalue weighted by molar-refractivity contribution is 6.28. The predicted octanol–water partition coefficient (Wildman–Crippen LogP) is -0.0140. The summed E-state index contributed by atoms with van der Waals surface area (Å²) < 4.78 is 6.02. The summed E-state index contributed by atoms with van der Waals surface area (Å²) in [6.07, 6.45) is 1.30. The van der Waals surface area contributed by atoms with Gasteiger partial charge in [0.1, 0.15) is 12.4 Å². The Labute approximate surface area is 94.5 Å². The molecule has 0 saturated carbocycles. The number of halogens is 1. The average molecular weight is 238 g/mol. The van der Waals surface area contributed by atoms with E-state index in [-0.39, 0.29) is 23.1 Å². The van der Waals surface area contributed by atoms with Crippen LogP contribution in [0.5, 0.6) is 6.01 Å². The first-order valence-corrected chi connectivity index (χ1v) is 4.38. The molecule has 0 N–H and O–H groups in total. The number of hydrogen-bond acceptors (Lipinski definition) is 7. The third-order valence-electron chi connectivity index (χ3n) is 1.56. The fourth-order valence-electron chi connectivity index (χ4n) is 0.926. The van der Waals surface area contributed by atoms with Crippen LogP contribution in [0.1, 0.15) is 5.82 Å². The third kappa shape index (κ3) is 1.89. The molecule has 0 aliphatic carbocycles. The van der Waals surface area contributed by atoms with Crippen molar-refractivity contribution >= 4 is 11.6 Å². The molecule has 0 bridgehead atoms. The van der Waals surface area contributed by atoms with Gasteiger partial charge in [-0.2, -0.15) is 24.9 Å². The first-order chi connectivity index (χ1) is 7.72. The van der Waals surface area contributed by atoms with E-state index in [9.17, 15) is 0 Å². The van der Waals surface area contributed by atoms with Crippen molar-refractivity contribution in [1.82, 2.24) is 29.7 Å². The van der Waals surface area contributed by atoms with Crippen LogP contribution in [0.25, 0.3) is 5.95 Å². The average Bonchev–Trinajstić information content (AvgIpc) is 2.76. The van der Waals surface area contributed by atoms with E-state index in [1.807, 2.05) is 0 Å². The van der Waals surface area contributed by atoms with Gasteiger partial charge in [-0.1, -0.05) is 0 Å². The maximum absolute atomic E-state index is 8.56. The van der Waals surface area contributed by atoms with Crippen LogP contribution in [-0.2, 0) is 0 Å². The van der Waals surface area contributed by atoms with Crippen LogP contribution in [0.3, 0.4) is 0 Å². The Morgan fingerprint density at radius 1 is 1.44 bits per heavy atom. The molecule has 0 fully saturated rings. The lowest BCUT2D eigenvalue weighted by Gasteiger charge is -2.00. The molecule has 2 rings (SSSR count). The Hall–Kier alpha value is -2.27. The van der Waals surface area contributed by atoms with Gasteiger partial charge in [0.2, 0.25) is 5.28 Å². The number of hydrogen-bond donors (Lipinski definition) is 0. The highest BCUT2D eigenvalue weighted by Gasteiger charge is 2.09. The molecule has 0 aromatic carbocycles. The van der Waals surface area contributed by atoms with E-state index >= 15 is 0 Å². The molecule has 2 aromatic rings. The number of nitrogens with zero attached hydrogens (tertiary/aromatic N) is 7. The Bertz CT molecular complexity index is 560. The second-order valence-corrected chi connectivity index (χ2v) is 2.85. The normalized spacial score (nSPS) is 9.81. The van der Waals surface area contributed by atoms with Crippen LogP contribution in [0.4, 0.5) is 0 Å². The van der Waals surface area contributed by atoms with Crippen molar-refractivity contribution in [3.05, 3.63) is 17.4 Å². The van der Waals surface area contributed by atoms with Gasteiger partial charge in [-0.05, 0) is 11.6 Å². The van der Waals surface area contributed by atoms with Crippen molar-refractivity contribution in [3.8, 4) is 18.0 Å². The summed E-state index contributed by atoms with van der Waals surface area (Å²) in [6, 6.07) is 1.84. The second-order valence-electron chi connectivity index (χ2n) is 2.52. The molecular weight excluding hydrogens is 234 g/mol. The lowest BCUT2D eigenvalue weighted by atomic mass is 10.7. The van der Waals surface area contributed by atoms with Gasteiger partial charge in [-0.25, -0.2) is 4.98 Å². The Kier molecular flexibility index (Phi) is 2.61. The van der Waals surface area contributed by atoms with E-state index in [1.165, 1.54) is 18.1 Å². The third-order valence-corrected chi connectivity index (χ3v) is 1.72. The molecule has 2 heterocycles. The first-order valence-electron chi connectivity index (χ1n) is 4.00. The molecule has 9 heteroatoms. The van der Waals surface area contributed by atoms with Crippen molar-refractivity contribution in [2.75, 3.05) is 7.11 Å². The molecule has 0 unspecified atom stereocenters. The van der Waals surface area contributed by atoms with Crippen molar-refractivity contribution < 1.29 is 4.74 Å². The number of aromatic nitrogens is 6. The molecule has 0 aliphatic rings. The van der Waals surface area contributed by atoms with Gasteiger partial charge in [0.15, 0.2) is 0 Å². The van der Waals surface area contributed by atoms with E-state index in [1.54, 1.807) is 6.07 Å². The highest BCUT2D eigenvalue weighted by atomic mass is 35.5. The molecule has 0 saturated heterocycles. The van der Waals surface area contributed by atoms with Crippen molar-refractivity contribution in [1.29, 1.82) is 5.26 Å². The number of methoxy groups -OCH3 is 1. The molecule has 0 aliphatic heterocycles.